The average Bonchev–Trinajstić information content (AvgIpc) is 3.15. The van der Waals surface area contributed by atoms with Gasteiger partial charge in [-0.3, -0.25) is 9.59 Å². The van der Waals surface area contributed by atoms with Gasteiger partial charge in [-0.2, -0.15) is 0 Å². The maximum absolute atomic E-state index is 12.2. The first-order chi connectivity index (χ1) is 25.6. The number of aliphatic hydroxyl groups excluding tert-OH is 1. The highest BCUT2D eigenvalue weighted by atomic mass is 16.6. The topological polar surface area (TPSA) is 72.8 Å². The van der Waals surface area contributed by atoms with Crippen LogP contribution in [0.3, 0.4) is 0 Å². The SMILES string of the molecule is CCCCCC/C=C\C/C=C\CCCCCCCCCC(=O)OC(CO)COC(=O)CCCCCCCCCCCCCCCCCCCCCC. The molecule has 1 unspecified atom stereocenters. The van der Waals surface area contributed by atoms with E-state index < -0.39 is 6.10 Å². The van der Waals surface area contributed by atoms with Gasteiger partial charge in [0.25, 0.3) is 0 Å². The zero-order valence-electron chi connectivity index (χ0n) is 34.8. The summed E-state index contributed by atoms with van der Waals surface area (Å²) in [6.45, 7) is 4.15. The van der Waals surface area contributed by atoms with E-state index in [1.807, 2.05) is 0 Å². The molecule has 1 atom stereocenters. The molecule has 0 amide bonds. The lowest BCUT2D eigenvalue weighted by atomic mass is 10.0. The van der Waals surface area contributed by atoms with Crippen LogP contribution in [0, 0.1) is 0 Å². The summed E-state index contributed by atoms with van der Waals surface area (Å²) in [5.41, 5.74) is 0. The van der Waals surface area contributed by atoms with E-state index in [1.54, 1.807) is 0 Å². The number of allylic oxidation sites excluding steroid dienone is 4. The van der Waals surface area contributed by atoms with Gasteiger partial charge in [-0.25, -0.2) is 0 Å². The molecule has 0 aromatic rings. The summed E-state index contributed by atoms with van der Waals surface area (Å²) in [6, 6.07) is 0. The summed E-state index contributed by atoms with van der Waals surface area (Å²) >= 11 is 0. The molecule has 5 nitrogen and oxygen atoms in total. The highest BCUT2D eigenvalue weighted by molar-refractivity contribution is 5.70. The monoisotopic (exact) mass is 733 g/mol. The van der Waals surface area contributed by atoms with E-state index in [1.165, 1.54) is 167 Å². The van der Waals surface area contributed by atoms with Gasteiger partial charge in [-0.05, 0) is 44.9 Å². The Morgan fingerprint density at radius 2 is 0.769 bits per heavy atom. The maximum atomic E-state index is 12.2. The van der Waals surface area contributed by atoms with Crippen molar-refractivity contribution in [2.75, 3.05) is 13.2 Å². The second kappa shape index (κ2) is 43.8. The fourth-order valence-electron chi connectivity index (χ4n) is 6.76. The zero-order valence-corrected chi connectivity index (χ0v) is 34.8. The number of ether oxygens (including phenoxy) is 2. The summed E-state index contributed by atoms with van der Waals surface area (Å²) in [4.78, 5) is 24.4. The van der Waals surface area contributed by atoms with Crippen molar-refractivity contribution in [2.24, 2.45) is 0 Å². The van der Waals surface area contributed by atoms with Gasteiger partial charge >= 0.3 is 11.9 Å². The summed E-state index contributed by atoms with van der Waals surface area (Å²) < 4.78 is 10.6. The number of carbonyl (C=O) groups excluding carboxylic acids is 2. The Bertz CT molecular complexity index is 791. The quantitative estimate of drug-likeness (QED) is 0.0384. The first-order valence-electron chi connectivity index (χ1n) is 22.9. The number of rotatable bonds is 42. The molecule has 0 aliphatic heterocycles. The van der Waals surface area contributed by atoms with E-state index in [4.69, 9.17) is 9.47 Å². The van der Waals surface area contributed by atoms with Crippen molar-refractivity contribution in [2.45, 2.75) is 251 Å². The zero-order chi connectivity index (χ0) is 37.8. The minimum atomic E-state index is -0.771. The molecule has 52 heavy (non-hydrogen) atoms. The van der Waals surface area contributed by atoms with Crippen LogP contribution in [0.1, 0.15) is 245 Å². The van der Waals surface area contributed by atoms with Gasteiger partial charge < -0.3 is 14.6 Å². The van der Waals surface area contributed by atoms with Gasteiger partial charge in [0.1, 0.15) is 6.61 Å². The Balaban J connectivity index is 3.49. The molecule has 0 spiro atoms. The number of esters is 2. The van der Waals surface area contributed by atoms with E-state index in [2.05, 4.69) is 38.2 Å². The highest BCUT2D eigenvalue weighted by Gasteiger charge is 2.16. The lowest BCUT2D eigenvalue weighted by Crippen LogP contribution is -2.28. The van der Waals surface area contributed by atoms with Gasteiger partial charge in [0.2, 0.25) is 0 Å². The minimum Gasteiger partial charge on any atom is -0.462 e. The molecule has 306 valence electrons. The van der Waals surface area contributed by atoms with Gasteiger partial charge in [0, 0.05) is 12.8 Å². The second-order valence-electron chi connectivity index (χ2n) is 15.5. The lowest BCUT2D eigenvalue weighted by Gasteiger charge is -2.15. The summed E-state index contributed by atoms with van der Waals surface area (Å²) in [6.07, 6.45) is 52.5. The molecule has 0 aromatic carbocycles. The van der Waals surface area contributed by atoms with Crippen molar-refractivity contribution in [3.8, 4) is 0 Å². The first-order valence-corrected chi connectivity index (χ1v) is 22.9. The van der Waals surface area contributed by atoms with Crippen LogP contribution in [0.25, 0.3) is 0 Å². The van der Waals surface area contributed by atoms with E-state index in [0.717, 1.165) is 51.4 Å². The predicted octanol–water partition coefficient (Wildman–Crippen LogP) is 14.6. The van der Waals surface area contributed by atoms with Crippen molar-refractivity contribution in [3.63, 3.8) is 0 Å². The molecule has 1 N–H and O–H groups in total. The Morgan fingerprint density at radius 1 is 0.442 bits per heavy atom. The molecule has 5 heteroatoms. The molecule has 0 fully saturated rings. The van der Waals surface area contributed by atoms with Crippen molar-refractivity contribution < 1.29 is 24.2 Å². The van der Waals surface area contributed by atoms with E-state index in [9.17, 15) is 14.7 Å². The van der Waals surface area contributed by atoms with Crippen molar-refractivity contribution in [1.29, 1.82) is 0 Å². The van der Waals surface area contributed by atoms with Crippen molar-refractivity contribution in [3.05, 3.63) is 24.3 Å². The fraction of sp³-hybridized carbons (Fsp3) is 0.872. The normalized spacial score (nSPS) is 12.3. The first kappa shape index (κ1) is 50.4. The molecule has 0 aliphatic carbocycles. The largest absolute Gasteiger partial charge is 0.462 e. The highest BCUT2D eigenvalue weighted by Crippen LogP contribution is 2.16. The fourth-order valence-corrected chi connectivity index (χ4v) is 6.76. The summed E-state index contributed by atoms with van der Waals surface area (Å²) in [7, 11) is 0. The minimum absolute atomic E-state index is 0.0642. The molecule has 0 aliphatic rings. The average molecular weight is 733 g/mol. The van der Waals surface area contributed by atoms with Gasteiger partial charge in [0.05, 0.1) is 6.61 Å². The van der Waals surface area contributed by atoms with Crippen LogP contribution < -0.4 is 0 Å². The summed E-state index contributed by atoms with van der Waals surface area (Å²) in [5.74, 6) is -0.587. The number of unbranched alkanes of at least 4 members (excludes halogenated alkanes) is 30. The number of hydrogen-bond acceptors (Lipinski definition) is 5. The van der Waals surface area contributed by atoms with Crippen LogP contribution in [-0.4, -0.2) is 36.4 Å². The van der Waals surface area contributed by atoms with E-state index >= 15 is 0 Å². The molecule has 0 heterocycles. The molecule has 0 rings (SSSR count). The van der Waals surface area contributed by atoms with Crippen LogP contribution in [-0.2, 0) is 19.1 Å². The smallest absolute Gasteiger partial charge is 0.306 e. The van der Waals surface area contributed by atoms with Gasteiger partial charge in [0.15, 0.2) is 6.10 Å². The standard InChI is InChI=1S/C47H88O5/c1-3-5-7-9-11-13-15-17-19-21-23-24-26-27-29-31-33-35-37-39-41-46(49)51-44-45(43-48)52-47(50)42-40-38-36-34-32-30-28-25-22-20-18-16-14-12-10-8-6-4-2/h14,16,20,22,45,48H,3-13,15,17-19,21,23-44H2,1-2H3/b16-14-,22-20-. The van der Waals surface area contributed by atoms with E-state index in [-0.39, 0.29) is 25.2 Å². The van der Waals surface area contributed by atoms with Gasteiger partial charge in [-0.15, -0.1) is 0 Å². The molecule has 0 aromatic heterocycles. The lowest BCUT2D eigenvalue weighted by molar-refractivity contribution is -0.161. The second-order valence-corrected chi connectivity index (χ2v) is 15.5. The third-order valence-electron chi connectivity index (χ3n) is 10.2. The van der Waals surface area contributed by atoms with Crippen molar-refractivity contribution in [1.82, 2.24) is 0 Å². The number of carbonyl (C=O) groups is 2. The molecular formula is C47H88O5. The molecule has 0 saturated heterocycles. The molecule has 0 bridgehead atoms. The Morgan fingerprint density at radius 3 is 1.15 bits per heavy atom. The van der Waals surface area contributed by atoms with Crippen LogP contribution in [0.5, 0.6) is 0 Å². The number of hydrogen-bond donors (Lipinski definition) is 1. The summed E-state index contributed by atoms with van der Waals surface area (Å²) in [5, 5.41) is 9.59. The van der Waals surface area contributed by atoms with Crippen molar-refractivity contribution >= 4 is 11.9 Å². The van der Waals surface area contributed by atoms with Gasteiger partial charge in [-0.1, -0.05) is 212 Å². The van der Waals surface area contributed by atoms with Crippen LogP contribution >= 0.6 is 0 Å². The Labute approximate surface area is 323 Å². The molecule has 0 radical (unpaired) electrons. The predicted molar refractivity (Wildman–Crippen MR) is 224 cm³/mol. The number of aliphatic hydroxyl groups is 1. The maximum Gasteiger partial charge on any atom is 0.306 e. The molecular weight excluding hydrogens is 645 g/mol. The van der Waals surface area contributed by atoms with Crippen LogP contribution in [0.2, 0.25) is 0 Å². The Kier molecular flexibility index (Phi) is 42.4. The van der Waals surface area contributed by atoms with Crippen LogP contribution in [0.15, 0.2) is 24.3 Å². The van der Waals surface area contributed by atoms with Crippen LogP contribution in [0.4, 0.5) is 0 Å². The Hall–Kier alpha value is -1.62. The van der Waals surface area contributed by atoms with E-state index in [0.29, 0.717) is 12.8 Å². The third-order valence-corrected chi connectivity index (χ3v) is 10.2. The molecule has 0 saturated carbocycles. The third kappa shape index (κ3) is 41.1.